The number of hydrogen-bond donors (Lipinski definition) is 1. The number of benzene rings is 2. The molecule has 3 aromatic rings. The number of ether oxygens (including phenoxy) is 1. The smallest absolute Gasteiger partial charge is 0.252 e. The second kappa shape index (κ2) is 9.26. The van der Waals surface area contributed by atoms with Crippen molar-refractivity contribution in [1.29, 1.82) is 0 Å². The zero-order valence-corrected chi connectivity index (χ0v) is 17.7. The molecule has 5 nitrogen and oxygen atoms in total. The average Bonchev–Trinajstić information content (AvgIpc) is 3.25. The van der Waals surface area contributed by atoms with E-state index < -0.39 is 0 Å². The number of pyridine rings is 1. The summed E-state index contributed by atoms with van der Waals surface area (Å²) in [5, 5.41) is 4.11. The van der Waals surface area contributed by atoms with Gasteiger partial charge in [-0.3, -0.25) is 4.79 Å². The van der Waals surface area contributed by atoms with Crippen molar-refractivity contribution in [3.8, 4) is 0 Å². The lowest BCUT2D eigenvalue weighted by Gasteiger charge is -2.26. The highest BCUT2D eigenvalue weighted by Crippen LogP contribution is 2.29. The normalized spacial score (nSPS) is 17.3. The van der Waals surface area contributed by atoms with Crippen molar-refractivity contribution >= 4 is 22.6 Å². The summed E-state index contributed by atoms with van der Waals surface area (Å²) in [5.41, 5.74) is 2.63. The van der Waals surface area contributed by atoms with E-state index in [1.807, 2.05) is 48.5 Å². The van der Waals surface area contributed by atoms with Crippen molar-refractivity contribution in [3.63, 3.8) is 0 Å². The molecule has 2 atom stereocenters. The fraction of sp³-hybridized carbons (Fsp3) is 0.360. The summed E-state index contributed by atoms with van der Waals surface area (Å²) in [6.45, 7) is 3.69. The van der Waals surface area contributed by atoms with E-state index in [1.165, 1.54) is 0 Å². The predicted molar refractivity (Wildman–Crippen MR) is 121 cm³/mol. The van der Waals surface area contributed by atoms with Gasteiger partial charge in [-0.05, 0) is 37.0 Å². The molecule has 2 aromatic carbocycles. The molecule has 30 heavy (non-hydrogen) atoms. The van der Waals surface area contributed by atoms with E-state index in [2.05, 4.69) is 29.3 Å². The number of aromatic nitrogens is 1. The number of nitrogens with one attached hydrogen (secondary N) is 1. The molecular formula is C25H29N3O2. The van der Waals surface area contributed by atoms with Crippen LogP contribution in [0, 0.1) is 0 Å². The van der Waals surface area contributed by atoms with Gasteiger partial charge in [0.1, 0.15) is 5.82 Å². The Hall–Kier alpha value is -2.92. The first-order chi connectivity index (χ1) is 14.7. The molecule has 0 spiro atoms. The molecule has 1 aliphatic rings. The molecular weight excluding hydrogens is 374 g/mol. The standard InChI is InChI=1S/C25H29N3O2/c1-3-22(18-10-5-4-6-11-18)27-25(29)21-16-24(26-23-14-8-7-13-20(21)23)28-15-9-12-19(28)17-30-2/h4-8,10-11,13-14,16,19,22H,3,9,12,15,17H2,1-2H3,(H,27,29)/t19-,22-/m0/s1. The van der Waals surface area contributed by atoms with Crippen LogP contribution in [0.5, 0.6) is 0 Å². The van der Waals surface area contributed by atoms with E-state index in [9.17, 15) is 4.79 Å². The quantitative estimate of drug-likeness (QED) is 0.620. The van der Waals surface area contributed by atoms with Gasteiger partial charge in [-0.15, -0.1) is 0 Å². The molecule has 1 N–H and O–H groups in total. The summed E-state index contributed by atoms with van der Waals surface area (Å²) in [4.78, 5) is 20.6. The average molecular weight is 404 g/mol. The van der Waals surface area contributed by atoms with Crippen molar-refractivity contribution in [1.82, 2.24) is 10.3 Å². The molecule has 0 aliphatic carbocycles. The van der Waals surface area contributed by atoms with Crippen molar-refractivity contribution in [2.24, 2.45) is 0 Å². The Morgan fingerprint density at radius 1 is 1.20 bits per heavy atom. The molecule has 0 radical (unpaired) electrons. The van der Waals surface area contributed by atoms with E-state index in [4.69, 9.17) is 9.72 Å². The van der Waals surface area contributed by atoms with Gasteiger partial charge < -0.3 is 15.0 Å². The van der Waals surface area contributed by atoms with Gasteiger partial charge in [0.15, 0.2) is 0 Å². The third kappa shape index (κ3) is 4.17. The zero-order valence-electron chi connectivity index (χ0n) is 17.7. The molecule has 0 saturated carbocycles. The van der Waals surface area contributed by atoms with Gasteiger partial charge >= 0.3 is 0 Å². The minimum Gasteiger partial charge on any atom is -0.383 e. The summed E-state index contributed by atoms with van der Waals surface area (Å²) >= 11 is 0. The number of methoxy groups -OCH3 is 1. The van der Waals surface area contributed by atoms with Crippen LogP contribution in [0.1, 0.15) is 48.1 Å². The minimum absolute atomic E-state index is 0.0258. The van der Waals surface area contributed by atoms with Gasteiger partial charge in [0.25, 0.3) is 5.91 Å². The molecule has 1 aromatic heterocycles. The van der Waals surface area contributed by atoms with Crippen molar-refractivity contribution in [3.05, 3.63) is 71.8 Å². The number of anilines is 1. The van der Waals surface area contributed by atoms with Crippen molar-refractivity contribution in [2.45, 2.75) is 38.3 Å². The van der Waals surface area contributed by atoms with Crippen LogP contribution in [-0.2, 0) is 4.74 Å². The number of hydrogen-bond acceptors (Lipinski definition) is 4. The molecule has 156 valence electrons. The Bertz CT molecular complexity index is 1010. The first kappa shape index (κ1) is 20.4. The van der Waals surface area contributed by atoms with Gasteiger partial charge in [0.05, 0.1) is 29.8 Å². The van der Waals surface area contributed by atoms with Crippen LogP contribution in [0.15, 0.2) is 60.7 Å². The Kier molecular flexibility index (Phi) is 6.29. The van der Waals surface area contributed by atoms with Crippen LogP contribution in [0.25, 0.3) is 10.9 Å². The number of carbonyl (C=O) groups is 1. The topological polar surface area (TPSA) is 54.5 Å². The molecule has 1 fully saturated rings. The number of amides is 1. The first-order valence-electron chi connectivity index (χ1n) is 10.7. The van der Waals surface area contributed by atoms with Gasteiger partial charge in [-0.25, -0.2) is 4.98 Å². The van der Waals surface area contributed by atoms with Gasteiger partial charge in [0.2, 0.25) is 0 Å². The zero-order chi connectivity index (χ0) is 20.9. The number of carbonyl (C=O) groups excluding carboxylic acids is 1. The van der Waals surface area contributed by atoms with E-state index in [0.29, 0.717) is 18.2 Å². The molecule has 2 heterocycles. The Balaban J connectivity index is 1.69. The Morgan fingerprint density at radius 2 is 1.97 bits per heavy atom. The summed E-state index contributed by atoms with van der Waals surface area (Å²) < 4.78 is 5.41. The molecule has 5 heteroatoms. The van der Waals surface area contributed by atoms with Crippen LogP contribution in [0.4, 0.5) is 5.82 Å². The van der Waals surface area contributed by atoms with Crippen LogP contribution >= 0.6 is 0 Å². The lowest BCUT2D eigenvalue weighted by Crippen LogP contribution is -2.34. The molecule has 1 aliphatic heterocycles. The fourth-order valence-corrected chi connectivity index (χ4v) is 4.34. The monoisotopic (exact) mass is 403 g/mol. The Labute approximate surface area is 178 Å². The van der Waals surface area contributed by atoms with Crippen LogP contribution in [-0.4, -0.2) is 37.2 Å². The number of para-hydroxylation sites is 1. The molecule has 1 amide bonds. The van der Waals surface area contributed by atoms with Crippen molar-refractivity contribution < 1.29 is 9.53 Å². The first-order valence-corrected chi connectivity index (χ1v) is 10.7. The molecule has 0 bridgehead atoms. The maximum atomic E-state index is 13.4. The SMILES string of the molecule is CC[C@H](NC(=O)c1cc(N2CCC[C@H]2COC)nc2ccccc12)c1ccccc1. The predicted octanol–water partition coefficient (Wildman–Crippen LogP) is 4.73. The van der Waals surface area contributed by atoms with Crippen LogP contribution in [0.3, 0.4) is 0 Å². The highest BCUT2D eigenvalue weighted by atomic mass is 16.5. The number of fused-ring (bicyclic) bond motifs is 1. The maximum Gasteiger partial charge on any atom is 0.252 e. The van der Waals surface area contributed by atoms with Crippen molar-refractivity contribution in [2.75, 3.05) is 25.2 Å². The lowest BCUT2D eigenvalue weighted by atomic mass is 10.0. The maximum absolute atomic E-state index is 13.4. The molecule has 1 saturated heterocycles. The summed E-state index contributed by atoms with van der Waals surface area (Å²) in [5.74, 6) is 0.791. The number of nitrogens with zero attached hydrogens (tertiary/aromatic N) is 2. The van der Waals surface area contributed by atoms with E-state index in [-0.39, 0.29) is 11.9 Å². The summed E-state index contributed by atoms with van der Waals surface area (Å²) in [6, 6.07) is 20.2. The van der Waals surface area contributed by atoms with Gasteiger partial charge in [-0.2, -0.15) is 0 Å². The largest absolute Gasteiger partial charge is 0.383 e. The lowest BCUT2D eigenvalue weighted by molar-refractivity contribution is 0.0937. The third-order valence-electron chi connectivity index (χ3n) is 5.89. The second-order valence-electron chi connectivity index (χ2n) is 7.83. The Morgan fingerprint density at radius 3 is 2.73 bits per heavy atom. The summed E-state index contributed by atoms with van der Waals surface area (Å²) in [6.07, 6.45) is 3.01. The third-order valence-corrected chi connectivity index (χ3v) is 5.89. The van der Waals surface area contributed by atoms with Crippen LogP contribution < -0.4 is 10.2 Å². The molecule has 4 rings (SSSR count). The van der Waals surface area contributed by atoms with E-state index >= 15 is 0 Å². The minimum atomic E-state index is -0.0620. The van der Waals surface area contributed by atoms with Crippen LogP contribution in [0.2, 0.25) is 0 Å². The number of rotatable bonds is 7. The van der Waals surface area contributed by atoms with E-state index in [0.717, 1.165) is 48.1 Å². The highest BCUT2D eigenvalue weighted by molar-refractivity contribution is 6.07. The summed E-state index contributed by atoms with van der Waals surface area (Å²) in [7, 11) is 1.73. The van der Waals surface area contributed by atoms with Gasteiger partial charge in [-0.1, -0.05) is 55.5 Å². The van der Waals surface area contributed by atoms with E-state index in [1.54, 1.807) is 7.11 Å². The highest BCUT2D eigenvalue weighted by Gasteiger charge is 2.27. The van der Waals surface area contributed by atoms with Gasteiger partial charge in [0, 0.05) is 19.0 Å². The molecule has 0 unspecified atom stereocenters. The fourth-order valence-electron chi connectivity index (χ4n) is 4.34. The second-order valence-corrected chi connectivity index (χ2v) is 7.83.